The number of rotatable bonds is 7. The van der Waals surface area contributed by atoms with E-state index in [0.29, 0.717) is 30.9 Å². The Hall–Kier alpha value is -2.06. The summed E-state index contributed by atoms with van der Waals surface area (Å²) in [7, 11) is 1.58. The summed E-state index contributed by atoms with van der Waals surface area (Å²) in [5, 5.41) is 8.20. The normalized spacial score (nSPS) is 10.1. The van der Waals surface area contributed by atoms with Crippen LogP contribution in [0.3, 0.4) is 0 Å². The quantitative estimate of drug-likeness (QED) is 0.526. The van der Waals surface area contributed by atoms with Gasteiger partial charge in [0.05, 0.1) is 7.11 Å². The number of ether oxygens (including phenoxy) is 1. The zero-order valence-electron chi connectivity index (χ0n) is 14.1. The maximum atomic E-state index is 11.9. The molecule has 0 aliphatic carbocycles. The number of urea groups is 1. The van der Waals surface area contributed by atoms with Gasteiger partial charge in [0.2, 0.25) is 0 Å². The first kappa shape index (κ1) is 20.3. The molecule has 0 aromatic heterocycles. The summed E-state index contributed by atoms with van der Waals surface area (Å²) in [6, 6.07) is 12.3. The zero-order valence-corrected chi connectivity index (χ0v) is 17.3. The molecular formula is C18H19Br2N3O3. The van der Waals surface area contributed by atoms with E-state index in [0.717, 1.165) is 14.5 Å². The van der Waals surface area contributed by atoms with Crippen molar-refractivity contribution in [2.45, 2.75) is 6.54 Å². The Kier molecular flexibility index (Phi) is 7.93. The Bertz CT molecular complexity index is 767. The molecule has 0 aliphatic rings. The summed E-state index contributed by atoms with van der Waals surface area (Å²) in [6.45, 7) is 0.992. The van der Waals surface area contributed by atoms with Gasteiger partial charge in [-0.25, -0.2) is 4.79 Å². The number of halogens is 2. The van der Waals surface area contributed by atoms with Crippen LogP contribution >= 0.6 is 31.9 Å². The van der Waals surface area contributed by atoms with Crippen molar-refractivity contribution in [3.8, 4) is 5.75 Å². The van der Waals surface area contributed by atoms with E-state index < -0.39 is 0 Å². The van der Waals surface area contributed by atoms with E-state index in [1.54, 1.807) is 31.4 Å². The first-order chi connectivity index (χ1) is 12.5. The lowest BCUT2D eigenvalue weighted by molar-refractivity contribution is 0.0954. The van der Waals surface area contributed by atoms with Gasteiger partial charge in [0.1, 0.15) is 5.75 Å². The Balaban J connectivity index is 1.70. The second-order valence-corrected chi connectivity index (χ2v) is 7.16. The number of hydrogen-bond donors (Lipinski definition) is 3. The smallest absolute Gasteiger partial charge is 0.315 e. The number of hydrogen-bond acceptors (Lipinski definition) is 3. The van der Waals surface area contributed by atoms with E-state index in [4.69, 9.17) is 4.74 Å². The molecule has 0 bridgehead atoms. The minimum absolute atomic E-state index is 0.182. The first-order valence-electron chi connectivity index (χ1n) is 7.87. The molecule has 0 aliphatic heterocycles. The molecule has 6 nitrogen and oxygen atoms in total. The molecule has 0 atom stereocenters. The highest BCUT2D eigenvalue weighted by Gasteiger charge is 2.07. The average molecular weight is 485 g/mol. The standard InChI is InChI=1S/C18H19Br2N3O3/c1-26-16-7-6-15(20)10-13(16)11-23-18(25)22-9-8-21-17(24)12-2-4-14(19)5-3-12/h2-7,10H,8-9,11H2,1H3,(H,21,24)(H2,22,23,25). The van der Waals surface area contributed by atoms with Gasteiger partial charge in [0.25, 0.3) is 5.91 Å². The van der Waals surface area contributed by atoms with Crippen LogP contribution in [0, 0.1) is 0 Å². The molecule has 138 valence electrons. The number of methoxy groups -OCH3 is 1. The third-order valence-electron chi connectivity index (χ3n) is 3.48. The van der Waals surface area contributed by atoms with Crippen molar-refractivity contribution < 1.29 is 14.3 Å². The number of benzene rings is 2. The van der Waals surface area contributed by atoms with E-state index in [2.05, 4.69) is 47.8 Å². The molecule has 3 amide bonds. The second-order valence-electron chi connectivity index (χ2n) is 5.33. The Morgan fingerprint density at radius 2 is 1.58 bits per heavy atom. The first-order valence-corrected chi connectivity index (χ1v) is 9.46. The molecular weight excluding hydrogens is 466 g/mol. The topological polar surface area (TPSA) is 79.5 Å². The van der Waals surface area contributed by atoms with E-state index in [-0.39, 0.29) is 11.9 Å². The lowest BCUT2D eigenvalue weighted by atomic mass is 10.2. The molecule has 26 heavy (non-hydrogen) atoms. The van der Waals surface area contributed by atoms with Crippen LogP contribution in [0.15, 0.2) is 51.4 Å². The SMILES string of the molecule is COc1ccc(Br)cc1CNC(=O)NCCNC(=O)c1ccc(Br)cc1. The monoisotopic (exact) mass is 483 g/mol. The number of carbonyl (C=O) groups is 2. The molecule has 8 heteroatoms. The fourth-order valence-electron chi connectivity index (χ4n) is 2.18. The molecule has 0 radical (unpaired) electrons. The molecule has 0 saturated carbocycles. The molecule has 0 saturated heterocycles. The summed E-state index contributed by atoms with van der Waals surface area (Å²) in [5.41, 5.74) is 1.43. The van der Waals surface area contributed by atoms with Crippen LogP contribution in [-0.4, -0.2) is 32.1 Å². The highest BCUT2D eigenvalue weighted by atomic mass is 79.9. The summed E-state index contributed by atoms with van der Waals surface area (Å²) < 4.78 is 7.08. The Labute approximate surface area is 168 Å². The summed E-state index contributed by atoms with van der Waals surface area (Å²) >= 11 is 6.72. The van der Waals surface area contributed by atoms with Crippen molar-refractivity contribution in [1.82, 2.24) is 16.0 Å². The molecule has 0 unspecified atom stereocenters. The van der Waals surface area contributed by atoms with Crippen LogP contribution in [0.4, 0.5) is 4.79 Å². The summed E-state index contributed by atoms with van der Waals surface area (Å²) in [6.07, 6.45) is 0. The van der Waals surface area contributed by atoms with Gasteiger partial charge in [-0.3, -0.25) is 4.79 Å². The van der Waals surface area contributed by atoms with Gasteiger partial charge in [-0.2, -0.15) is 0 Å². The minimum Gasteiger partial charge on any atom is -0.496 e. The summed E-state index contributed by atoms with van der Waals surface area (Å²) in [4.78, 5) is 23.8. The largest absolute Gasteiger partial charge is 0.496 e. The lowest BCUT2D eigenvalue weighted by Crippen LogP contribution is -2.40. The maximum Gasteiger partial charge on any atom is 0.315 e. The highest BCUT2D eigenvalue weighted by molar-refractivity contribution is 9.10. The van der Waals surface area contributed by atoms with Gasteiger partial charge in [-0.15, -0.1) is 0 Å². The molecule has 2 aromatic rings. The predicted molar refractivity (Wildman–Crippen MR) is 107 cm³/mol. The summed E-state index contributed by atoms with van der Waals surface area (Å²) in [5.74, 6) is 0.522. The van der Waals surface area contributed by atoms with Crippen molar-refractivity contribution in [1.29, 1.82) is 0 Å². The van der Waals surface area contributed by atoms with E-state index in [9.17, 15) is 9.59 Å². The van der Waals surface area contributed by atoms with E-state index >= 15 is 0 Å². The van der Waals surface area contributed by atoms with Crippen molar-refractivity contribution in [3.63, 3.8) is 0 Å². The van der Waals surface area contributed by atoms with Gasteiger partial charge in [-0.05, 0) is 42.5 Å². The predicted octanol–water partition coefficient (Wildman–Crippen LogP) is 3.45. The molecule has 0 fully saturated rings. The van der Waals surface area contributed by atoms with Crippen LogP contribution in [-0.2, 0) is 6.54 Å². The third kappa shape index (κ3) is 6.34. The molecule has 0 heterocycles. The average Bonchev–Trinajstić information content (AvgIpc) is 2.64. The zero-order chi connectivity index (χ0) is 18.9. The van der Waals surface area contributed by atoms with Gasteiger partial charge in [-0.1, -0.05) is 31.9 Å². The van der Waals surface area contributed by atoms with Crippen LogP contribution in [0.5, 0.6) is 5.75 Å². The fraction of sp³-hybridized carbons (Fsp3) is 0.222. The lowest BCUT2D eigenvalue weighted by Gasteiger charge is -2.11. The van der Waals surface area contributed by atoms with Crippen LogP contribution in [0.25, 0.3) is 0 Å². The Morgan fingerprint density at radius 1 is 0.923 bits per heavy atom. The van der Waals surface area contributed by atoms with Gasteiger partial charge in [0.15, 0.2) is 0 Å². The van der Waals surface area contributed by atoms with Crippen molar-refractivity contribution in [2.75, 3.05) is 20.2 Å². The van der Waals surface area contributed by atoms with Crippen molar-refractivity contribution in [3.05, 3.63) is 62.5 Å². The van der Waals surface area contributed by atoms with Crippen LogP contribution in [0.1, 0.15) is 15.9 Å². The number of carbonyl (C=O) groups excluding carboxylic acids is 2. The molecule has 0 spiro atoms. The second kappa shape index (κ2) is 10.2. The van der Waals surface area contributed by atoms with Gasteiger partial charge < -0.3 is 20.7 Å². The van der Waals surface area contributed by atoms with Gasteiger partial charge in [0, 0.05) is 39.7 Å². The van der Waals surface area contributed by atoms with Crippen molar-refractivity contribution in [2.24, 2.45) is 0 Å². The Morgan fingerprint density at radius 3 is 2.27 bits per heavy atom. The van der Waals surface area contributed by atoms with Crippen molar-refractivity contribution >= 4 is 43.8 Å². The van der Waals surface area contributed by atoms with E-state index in [1.807, 2.05) is 18.2 Å². The molecule has 2 aromatic carbocycles. The fourth-order valence-corrected chi connectivity index (χ4v) is 2.85. The molecule has 2 rings (SSSR count). The highest BCUT2D eigenvalue weighted by Crippen LogP contribution is 2.22. The molecule has 3 N–H and O–H groups in total. The minimum atomic E-state index is -0.315. The van der Waals surface area contributed by atoms with Crippen LogP contribution in [0.2, 0.25) is 0 Å². The maximum absolute atomic E-state index is 11.9. The van der Waals surface area contributed by atoms with Gasteiger partial charge >= 0.3 is 6.03 Å². The number of amides is 3. The van der Waals surface area contributed by atoms with Crippen LogP contribution < -0.4 is 20.7 Å². The number of nitrogens with one attached hydrogen (secondary N) is 3. The van der Waals surface area contributed by atoms with E-state index in [1.165, 1.54) is 0 Å². The third-order valence-corrected chi connectivity index (χ3v) is 4.51.